The summed E-state index contributed by atoms with van der Waals surface area (Å²) in [6, 6.07) is 6.92. The monoisotopic (exact) mass is 237 g/mol. The van der Waals surface area contributed by atoms with Gasteiger partial charge in [0.05, 0.1) is 13.7 Å². The van der Waals surface area contributed by atoms with Gasteiger partial charge in [0.2, 0.25) is 0 Å². The Hall–Kier alpha value is -2.09. The molecule has 0 radical (unpaired) electrons. The highest BCUT2D eigenvalue weighted by atomic mass is 19.1. The molecule has 5 heteroatoms. The van der Waals surface area contributed by atoms with Crippen molar-refractivity contribution in [1.29, 1.82) is 5.26 Å². The number of esters is 1. The molecule has 0 fully saturated rings. The summed E-state index contributed by atoms with van der Waals surface area (Å²) in [6.45, 7) is 1.56. The summed E-state index contributed by atoms with van der Waals surface area (Å²) in [5.41, 5.74) is -2.85. The van der Waals surface area contributed by atoms with Gasteiger partial charge in [-0.3, -0.25) is 0 Å². The van der Waals surface area contributed by atoms with Crippen molar-refractivity contribution < 1.29 is 18.7 Å². The lowest BCUT2D eigenvalue weighted by atomic mass is 9.97. The summed E-state index contributed by atoms with van der Waals surface area (Å²) in [4.78, 5) is 11.4. The molecule has 0 saturated heterocycles. The van der Waals surface area contributed by atoms with Gasteiger partial charge in [0.25, 0.3) is 0 Å². The minimum atomic E-state index is -2.78. The van der Waals surface area contributed by atoms with Crippen LogP contribution in [0.3, 0.4) is 0 Å². The summed E-state index contributed by atoms with van der Waals surface area (Å²) in [6.07, 6.45) is 0. The number of methoxy groups -OCH3 is 1. The van der Waals surface area contributed by atoms with E-state index >= 15 is 0 Å². The molecule has 0 aliphatic carbocycles. The van der Waals surface area contributed by atoms with Gasteiger partial charge in [0, 0.05) is 5.56 Å². The third-order valence-corrected chi connectivity index (χ3v) is 2.20. The van der Waals surface area contributed by atoms with E-state index < -0.39 is 11.6 Å². The molecule has 0 N–H and O–H groups in total. The predicted molar refractivity (Wildman–Crippen MR) is 58.0 cm³/mol. The Labute approximate surface area is 98.6 Å². The van der Waals surface area contributed by atoms with Crippen LogP contribution in [0.15, 0.2) is 24.3 Å². The molecule has 0 aliphatic rings. The number of nitrogens with zero attached hydrogens (tertiary/aromatic N) is 1. The van der Waals surface area contributed by atoms with Crippen molar-refractivity contribution in [2.75, 3.05) is 13.7 Å². The maximum atomic E-state index is 14.2. The lowest BCUT2D eigenvalue weighted by molar-refractivity contribution is -0.154. The summed E-state index contributed by atoms with van der Waals surface area (Å²) >= 11 is 0. The first-order chi connectivity index (χ1) is 8.08. The fourth-order valence-corrected chi connectivity index (χ4v) is 1.28. The Morgan fingerprint density at radius 1 is 1.47 bits per heavy atom. The number of hydrogen-bond donors (Lipinski definition) is 0. The number of rotatable bonds is 4. The molecule has 90 valence electrons. The number of ether oxygens (including phenoxy) is 2. The maximum Gasteiger partial charge on any atom is 0.363 e. The molecule has 17 heavy (non-hydrogen) atoms. The summed E-state index contributed by atoms with van der Waals surface area (Å²) in [7, 11) is 1.47. The zero-order valence-electron chi connectivity index (χ0n) is 9.57. The third-order valence-electron chi connectivity index (χ3n) is 2.20. The average Bonchev–Trinajstić information content (AvgIpc) is 2.38. The van der Waals surface area contributed by atoms with E-state index in [4.69, 9.17) is 10.00 Å². The second-order valence-electron chi connectivity index (χ2n) is 3.22. The molecule has 0 aromatic heterocycles. The Balaban J connectivity index is 3.08. The predicted octanol–water partition coefficient (Wildman–Crippen LogP) is 1.95. The first-order valence-electron chi connectivity index (χ1n) is 5.00. The van der Waals surface area contributed by atoms with Crippen LogP contribution in [0.1, 0.15) is 12.5 Å². The van der Waals surface area contributed by atoms with Crippen LogP contribution in [0, 0.1) is 11.3 Å². The standard InChI is InChI=1S/C12H12FNO3/c1-3-17-11(15)12(13,8-14)9-4-6-10(16-2)7-5-9/h4-7H,3H2,1-2H3/t12-/m0/s1. The van der Waals surface area contributed by atoms with Crippen LogP contribution in [0.5, 0.6) is 5.75 Å². The van der Waals surface area contributed by atoms with E-state index in [9.17, 15) is 9.18 Å². The molecule has 0 heterocycles. The summed E-state index contributed by atoms with van der Waals surface area (Å²) in [5, 5.41) is 8.81. The van der Waals surface area contributed by atoms with Crippen molar-refractivity contribution in [2.45, 2.75) is 12.6 Å². The highest BCUT2D eigenvalue weighted by Gasteiger charge is 2.42. The number of carbonyl (C=O) groups excluding carboxylic acids is 1. The van der Waals surface area contributed by atoms with Crippen LogP contribution < -0.4 is 4.74 Å². The molecule has 0 aliphatic heterocycles. The fourth-order valence-electron chi connectivity index (χ4n) is 1.28. The molecular formula is C12H12FNO3. The van der Waals surface area contributed by atoms with Crippen LogP contribution in [-0.2, 0) is 15.2 Å². The minimum Gasteiger partial charge on any atom is -0.497 e. The summed E-state index contributed by atoms with van der Waals surface area (Å²) < 4.78 is 23.6. The van der Waals surface area contributed by atoms with Gasteiger partial charge in [-0.2, -0.15) is 5.26 Å². The highest BCUT2D eigenvalue weighted by molar-refractivity contribution is 5.84. The van der Waals surface area contributed by atoms with E-state index in [1.165, 1.54) is 37.4 Å². The van der Waals surface area contributed by atoms with Gasteiger partial charge in [0.15, 0.2) is 0 Å². The fraction of sp³-hybridized carbons (Fsp3) is 0.333. The van der Waals surface area contributed by atoms with Crippen LogP contribution in [0.2, 0.25) is 0 Å². The van der Waals surface area contributed by atoms with Crippen LogP contribution >= 0.6 is 0 Å². The Morgan fingerprint density at radius 2 is 2.06 bits per heavy atom. The molecule has 0 unspecified atom stereocenters. The quantitative estimate of drug-likeness (QED) is 0.751. The van der Waals surface area contributed by atoms with Crippen molar-refractivity contribution in [3.05, 3.63) is 29.8 Å². The molecule has 1 rings (SSSR count). The molecule has 4 nitrogen and oxygen atoms in total. The van der Waals surface area contributed by atoms with Gasteiger partial charge in [-0.05, 0) is 19.1 Å². The maximum absolute atomic E-state index is 14.2. The smallest absolute Gasteiger partial charge is 0.363 e. The number of halogens is 1. The van der Waals surface area contributed by atoms with E-state index in [0.717, 1.165) is 0 Å². The number of alkyl halides is 1. The molecule has 0 spiro atoms. The number of benzene rings is 1. The first kappa shape index (κ1) is 13.0. The van der Waals surface area contributed by atoms with Crippen LogP contribution in [0.25, 0.3) is 0 Å². The molecule has 1 aromatic carbocycles. The molecular weight excluding hydrogens is 225 g/mol. The molecule has 1 atom stereocenters. The largest absolute Gasteiger partial charge is 0.497 e. The van der Waals surface area contributed by atoms with E-state index in [2.05, 4.69) is 4.74 Å². The van der Waals surface area contributed by atoms with E-state index in [-0.39, 0.29) is 12.2 Å². The molecule has 0 amide bonds. The lowest BCUT2D eigenvalue weighted by Gasteiger charge is -2.16. The van der Waals surface area contributed by atoms with Gasteiger partial charge in [0.1, 0.15) is 11.8 Å². The topological polar surface area (TPSA) is 59.3 Å². The van der Waals surface area contributed by atoms with Crippen molar-refractivity contribution in [3.63, 3.8) is 0 Å². The Kier molecular flexibility index (Phi) is 4.05. The molecule has 0 bridgehead atoms. The first-order valence-corrected chi connectivity index (χ1v) is 5.00. The minimum absolute atomic E-state index is 0.0162. The third kappa shape index (κ3) is 2.53. The highest BCUT2D eigenvalue weighted by Crippen LogP contribution is 2.28. The van der Waals surface area contributed by atoms with Crippen molar-refractivity contribution in [2.24, 2.45) is 0 Å². The number of nitriles is 1. The Bertz CT molecular complexity index is 438. The zero-order valence-corrected chi connectivity index (χ0v) is 9.57. The van der Waals surface area contributed by atoms with Gasteiger partial charge < -0.3 is 9.47 Å². The van der Waals surface area contributed by atoms with Crippen LogP contribution in [-0.4, -0.2) is 19.7 Å². The van der Waals surface area contributed by atoms with Crippen LogP contribution in [0.4, 0.5) is 4.39 Å². The lowest BCUT2D eigenvalue weighted by Crippen LogP contribution is -2.31. The van der Waals surface area contributed by atoms with Gasteiger partial charge in [-0.15, -0.1) is 0 Å². The Morgan fingerprint density at radius 3 is 2.47 bits per heavy atom. The average molecular weight is 237 g/mol. The van der Waals surface area contributed by atoms with Gasteiger partial charge in [-0.25, -0.2) is 9.18 Å². The van der Waals surface area contributed by atoms with Crippen molar-refractivity contribution >= 4 is 5.97 Å². The second-order valence-corrected chi connectivity index (χ2v) is 3.22. The SMILES string of the molecule is CCOC(=O)[C@](F)(C#N)c1ccc(OC)cc1. The number of carbonyl (C=O) groups is 1. The van der Waals surface area contributed by atoms with E-state index in [0.29, 0.717) is 5.75 Å². The normalized spacial score (nSPS) is 13.3. The summed E-state index contributed by atoms with van der Waals surface area (Å²) in [5.74, 6) is -0.689. The van der Waals surface area contributed by atoms with Gasteiger partial charge >= 0.3 is 11.6 Å². The van der Waals surface area contributed by atoms with E-state index in [1.807, 2.05) is 0 Å². The molecule has 1 aromatic rings. The van der Waals surface area contributed by atoms with E-state index in [1.54, 1.807) is 6.92 Å². The second kappa shape index (κ2) is 5.30. The van der Waals surface area contributed by atoms with Crippen molar-refractivity contribution in [3.8, 4) is 11.8 Å². The van der Waals surface area contributed by atoms with Gasteiger partial charge in [-0.1, -0.05) is 12.1 Å². The number of hydrogen-bond acceptors (Lipinski definition) is 4. The van der Waals surface area contributed by atoms with Crippen molar-refractivity contribution in [1.82, 2.24) is 0 Å². The zero-order chi connectivity index (χ0) is 12.9. The molecule has 0 saturated carbocycles.